The molecule has 0 aliphatic carbocycles. The van der Waals surface area contributed by atoms with E-state index in [2.05, 4.69) is 15.8 Å². The Morgan fingerprint density at radius 1 is 1.03 bits per heavy atom. The lowest BCUT2D eigenvalue weighted by Crippen LogP contribution is -2.39. The lowest BCUT2D eigenvalue weighted by Gasteiger charge is -2.21. The van der Waals surface area contributed by atoms with Crippen LogP contribution in [0.1, 0.15) is 24.1 Å². The molecule has 0 aliphatic rings. The molecule has 9 nitrogen and oxygen atoms in total. The zero-order valence-corrected chi connectivity index (χ0v) is 21.1. The van der Waals surface area contributed by atoms with Gasteiger partial charge in [0.2, 0.25) is 10.0 Å². The molecule has 11 heteroatoms. The minimum Gasteiger partial charge on any atom is -0.484 e. The SMILES string of the molecule is C[C@@H](NC(=O)COc1ccc(/C=N\NC(=O)CN(c2cccc(F)c2)S(C)(=O)=O)cc1)c1ccccc1. The Balaban J connectivity index is 1.48. The van der Waals surface area contributed by atoms with Crippen molar-refractivity contribution in [3.63, 3.8) is 0 Å². The van der Waals surface area contributed by atoms with Gasteiger partial charge in [0.05, 0.1) is 24.2 Å². The van der Waals surface area contributed by atoms with E-state index < -0.39 is 28.3 Å². The first kappa shape index (κ1) is 27.3. The molecule has 194 valence electrons. The Labute approximate surface area is 215 Å². The second-order valence-corrected chi connectivity index (χ2v) is 10.0. The molecule has 2 N–H and O–H groups in total. The Morgan fingerprint density at radius 3 is 2.38 bits per heavy atom. The number of carbonyl (C=O) groups excluding carboxylic acids is 2. The molecule has 2 amide bonds. The number of hydrogen-bond donors (Lipinski definition) is 2. The number of hydrazone groups is 1. The Morgan fingerprint density at radius 2 is 1.73 bits per heavy atom. The number of carbonyl (C=O) groups is 2. The number of amides is 2. The predicted molar refractivity (Wildman–Crippen MR) is 139 cm³/mol. The number of benzene rings is 3. The smallest absolute Gasteiger partial charge is 0.260 e. The van der Waals surface area contributed by atoms with Crippen LogP contribution >= 0.6 is 0 Å². The van der Waals surface area contributed by atoms with Gasteiger partial charge in [-0.25, -0.2) is 18.2 Å². The van der Waals surface area contributed by atoms with Gasteiger partial charge in [-0.1, -0.05) is 36.4 Å². The minimum absolute atomic E-state index is 0.0282. The fourth-order valence-electron chi connectivity index (χ4n) is 3.28. The average Bonchev–Trinajstić information content (AvgIpc) is 2.86. The second kappa shape index (κ2) is 12.6. The number of nitrogens with one attached hydrogen (secondary N) is 2. The van der Waals surface area contributed by atoms with Gasteiger partial charge in [0, 0.05) is 0 Å². The van der Waals surface area contributed by atoms with Gasteiger partial charge in [0.25, 0.3) is 11.8 Å². The standard InChI is InChI=1S/C26H27FN4O5S/c1-19(21-7-4-3-5-8-21)29-26(33)18-36-24-13-11-20(12-14-24)16-28-30-25(32)17-31(37(2,34)35)23-10-6-9-22(27)15-23/h3-16,19H,17-18H2,1-2H3,(H,29,33)(H,30,32)/b28-16-/t19-/m1/s1. The maximum absolute atomic E-state index is 13.5. The zero-order chi connectivity index (χ0) is 26.8. The van der Waals surface area contributed by atoms with Crippen molar-refractivity contribution in [2.75, 3.05) is 23.7 Å². The minimum atomic E-state index is -3.83. The number of ether oxygens (including phenoxy) is 1. The molecule has 37 heavy (non-hydrogen) atoms. The molecule has 3 aromatic rings. The van der Waals surface area contributed by atoms with Gasteiger partial charge < -0.3 is 10.1 Å². The molecule has 0 unspecified atom stereocenters. The maximum atomic E-state index is 13.5. The first-order valence-corrected chi connectivity index (χ1v) is 13.1. The van der Waals surface area contributed by atoms with Crippen molar-refractivity contribution in [1.82, 2.24) is 10.7 Å². The maximum Gasteiger partial charge on any atom is 0.260 e. The van der Waals surface area contributed by atoms with Crippen molar-refractivity contribution in [3.05, 3.63) is 95.8 Å². The largest absolute Gasteiger partial charge is 0.484 e. The molecule has 0 fully saturated rings. The number of rotatable bonds is 11. The first-order valence-electron chi connectivity index (χ1n) is 11.2. The molecular formula is C26H27FN4O5S. The van der Waals surface area contributed by atoms with Crippen molar-refractivity contribution in [3.8, 4) is 5.75 Å². The molecule has 3 aromatic carbocycles. The summed E-state index contributed by atoms with van der Waals surface area (Å²) in [6, 6.07) is 21.0. The molecule has 0 saturated carbocycles. The van der Waals surface area contributed by atoms with Crippen LogP contribution in [-0.4, -0.2) is 45.9 Å². The van der Waals surface area contributed by atoms with Gasteiger partial charge in [-0.3, -0.25) is 13.9 Å². The third-order valence-corrected chi connectivity index (χ3v) is 6.25. The molecule has 0 saturated heterocycles. The van der Waals surface area contributed by atoms with Crippen molar-refractivity contribution in [2.45, 2.75) is 13.0 Å². The normalized spacial score (nSPS) is 12.1. The van der Waals surface area contributed by atoms with Crippen LogP contribution in [0.3, 0.4) is 0 Å². The molecule has 0 radical (unpaired) electrons. The van der Waals surface area contributed by atoms with Crippen LogP contribution in [0.4, 0.5) is 10.1 Å². The summed E-state index contributed by atoms with van der Waals surface area (Å²) in [7, 11) is -3.83. The summed E-state index contributed by atoms with van der Waals surface area (Å²) >= 11 is 0. The topological polar surface area (TPSA) is 117 Å². The fraction of sp³-hybridized carbons (Fsp3) is 0.192. The van der Waals surface area contributed by atoms with E-state index in [-0.39, 0.29) is 24.2 Å². The van der Waals surface area contributed by atoms with E-state index >= 15 is 0 Å². The highest BCUT2D eigenvalue weighted by atomic mass is 32.2. The molecule has 1 atom stereocenters. The number of halogens is 1. The summed E-state index contributed by atoms with van der Waals surface area (Å²) in [5.74, 6) is -1.12. The van der Waals surface area contributed by atoms with Crippen LogP contribution in [0.15, 0.2) is 84.0 Å². The van der Waals surface area contributed by atoms with Gasteiger partial charge in [0.1, 0.15) is 18.1 Å². The average molecular weight is 527 g/mol. The van der Waals surface area contributed by atoms with Crippen LogP contribution in [0.2, 0.25) is 0 Å². The van der Waals surface area contributed by atoms with Crippen LogP contribution in [0, 0.1) is 5.82 Å². The summed E-state index contributed by atoms with van der Waals surface area (Å²) in [6.45, 7) is 1.17. The van der Waals surface area contributed by atoms with E-state index in [4.69, 9.17) is 4.74 Å². The Kier molecular flexibility index (Phi) is 9.33. The molecule has 0 bridgehead atoms. The molecule has 3 rings (SSSR count). The van der Waals surface area contributed by atoms with Gasteiger partial charge in [0.15, 0.2) is 6.61 Å². The lowest BCUT2D eigenvalue weighted by atomic mass is 10.1. The highest BCUT2D eigenvalue weighted by molar-refractivity contribution is 7.92. The van der Waals surface area contributed by atoms with E-state index in [9.17, 15) is 22.4 Å². The summed E-state index contributed by atoms with van der Waals surface area (Å²) in [6.07, 6.45) is 2.29. The Hall–Kier alpha value is -4.25. The van der Waals surface area contributed by atoms with E-state index in [1.807, 2.05) is 37.3 Å². The van der Waals surface area contributed by atoms with Crippen LogP contribution < -0.4 is 19.8 Å². The van der Waals surface area contributed by atoms with Crippen LogP contribution in [-0.2, 0) is 19.6 Å². The van der Waals surface area contributed by atoms with E-state index in [1.165, 1.54) is 24.4 Å². The quantitative estimate of drug-likeness (QED) is 0.294. The second-order valence-electron chi connectivity index (χ2n) is 8.10. The molecule has 0 heterocycles. The first-order chi connectivity index (χ1) is 17.6. The van der Waals surface area contributed by atoms with Crippen molar-refractivity contribution < 1.29 is 27.1 Å². The number of sulfonamides is 1. The predicted octanol–water partition coefficient (Wildman–Crippen LogP) is 3.00. The number of nitrogens with zero attached hydrogens (tertiary/aromatic N) is 2. The van der Waals surface area contributed by atoms with E-state index in [1.54, 1.807) is 24.3 Å². The summed E-state index contributed by atoms with van der Waals surface area (Å²) in [5, 5.41) is 6.70. The Bertz CT molecular complexity index is 1350. The van der Waals surface area contributed by atoms with Crippen molar-refractivity contribution in [1.29, 1.82) is 0 Å². The van der Waals surface area contributed by atoms with Gasteiger partial charge in [-0.05, 0) is 60.5 Å². The fourth-order valence-corrected chi connectivity index (χ4v) is 4.13. The van der Waals surface area contributed by atoms with E-state index in [0.717, 1.165) is 22.2 Å². The van der Waals surface area contributed by atoms with Crippen molar-refractivity contribution in [2.24, 2.45) is 5.10 Å². The van der Waals surface area contributed by atoms with Crippen LogP contribution in [0.25, 0.3) is 0 Å². The molecule has 0 aliphatic heterocycles. The van der Waals surface area contributed by atoms with Gasteiger partial charge >= 0.3 is 0 Å². The van der Waals surface area contributed by atoms with Gasteiger partial charge in [-0.2, -0.15) is 5.10 Å². The third-order valence-electron chi connectivity index (χ3n) is 5.11. The summed E-state index contributed by atoms with van der Waals surface area (Å²) in [5.41, 5.74) is 3.89. The van der Waals surface area contributed by atoms with Crippen molar-refractivity contribution >= 4 is 33.7 Å². The highest BCUT2D eigenvalue weighted by Gasteiger charge is 2.21. The third kappa shape index (κ3) is 8.73. The molecule has 0 spiro atoms. The summed E-state index contributed by atoms with van der Waals surface area (Å²) < 4.78 is 43.9. The monoisotopic (exact) mass is 526 g/mol. The summed E-state index contributed by atoms with van der Waals surface area (Å²) in [4.78, 5) is 24.4. The molecule has 0 aromatic heterocycles. The van der Waals surface area contributed by atoms with Gasteiger partial charge in [-0.15, -0.1) is 0 Å². The lowest BCUT2D eigenvalue weighted by molar-refractivity contribution is -0.123. The number of hydrogen-bond acceptors (Lipinski definition) is 6. The molecular weight excluding hydrogens is 499 g/mol. The zero-order valence-electron chi connectivity index (χ0n) is 20.3. The highest BCUT2D eigenvalue weighted by Crippen LogP contribution is 2.18. The van der Waals surface area contributed by atoms with Crippen LogP contribution in [0.5, 0.6) is 5.75 Å². The van der Waals surface area contributed by atoms with E-state index in [0.29, 0.717) is 11.3 Å². The number of anilines is 1.